The van der Waals surface area contributed by atoms with Crippen molar-refractivity contribution in [2.24, 2.45) is 0 Å². The Kier molecular flexibility index (Phi) is 5.48. The van der Waals surface area contributed by atoms with Crippen molar-refractivity contribution in [2.45, 2.75) is 25.4 Å². The molecule has 1 atom stereocenters. The predicted octanol–water partition coefficient (Wildman–Crippen LogP) is 2.82. The third-order valence-electron chi connectivity index (χ3n) is 3.97. The van der Waals surface area contributed by atoms with E-state index >= 15 is 0 Å². The first-order chi connectivity index (χ1) is 11.7. The Bertz CT molecular complexity index is 673. The van der Waals surface area contributed by atoms with Crippen LogP contribution in [0.25, 0.3) is 0 Å². The molecule has 0 aliphatic carbocycles. The van der Waals surface area contributed by atoms with E-state index in [1.54, 1.807) is 16.2 Å². The third-order valence-corrected chi connectivity index (χ3v) is 4.85. The maximum atomic E-state index is 12.7. The number of thiophene rings is 1. The molecule has 2 heterocycles. The van der Waals surface area contributed by atoms with Gasteiger partial charge in [0.1, 0.15) is 6.04 Å². The quantitative estimate of drug-likeness (QED) is 0.877. The molecule has 0 spiro atoms. The molecule has 1 fully saturated rings. The van der Waals surface area contributed by atoms with E-state index in [4.69, 9.17) is 4.74 Å². The van der Waals surface area contributed by atoms with Crippen molar-refractivity contribution in [1.29, 1.82) is 0 Å². The predicted molar refractivity (Wildman–Crippen MR) is 92.8 cm³/mol. The van der Waals surface area contributed by atoms with E-state index < -0.39 is 12.1 Å². The number of carbonyl (C=O) groups excluding carboxylic acids is 2. The van der Waals surface area contributed by atoms with Gasteiger partial charge in [0, 0.05) is 17.8 Å². The van der Waals surface area contributed by atoms with Gasteiger partial charge in [0.15, 0.2) is 0 Å². The molecule has 1 saturated heterocycles. The Hall–Kier alpha value is -2.34. The first-order valence-corrected chi connectivity index (χ1v) is 8.89. The lowest BCUT2D eigenvalue weighted by Gasteiger charge is -2.33. The second-order valence-corrected chi connectivity index (χ2v) is 6.70. The highest BCUT2D eigenvalue weighted by Gasteiger charge is 2.32. The summed E-state index contributed by atoms with van der Waals surface area (Å²) in [6.07, 6.45) is 0.815. The Morgan fingerprint density at radius 3 is 2.79 bits per heavy atom. The van der Waals surface area contributed by atoms with Crippen molar-refractivity contribution in [3.63, 3.8) is 0 Å². The fourth-order valence-corrected chi connectivity index (χ4v) is 3.38. The van der Waals surface area contributed by atoms with Crippen LogP contribution in [0.4, 0.5) is 4.79 Å². The highest BCUT2D eigenvalue weighted by Crippen LogP contribution is 2.15. The topological polar surface area (TPSA) is 58.6 Å². The molecule has 3 rings (SSSR count). The van der Waals surface area contributed by atoms with Crippen LogP contribution < -0.4 is 5.32 Å². The first kappa shape index (κ1) is 16.5. The highest BCUT2D eigenvalue weighted by molar-refractivity contribution is 7.09. The summed E-state index contributed by atoms with van der Waals surface area (Å²) in [7, 11) is 0. The third kappa shape index (κ3) is 4.14. The molecule has 1 N–H and O–H groups in total. The smallest absolute Gasteiger partial charge is 0.410 e. The van der Waals surface area contributed by atoms with Gasteiger partial charge in [-0.05, 0) is 23.4 Å². The summed E-state index contributed by atoms with van der Waals surface area (Å²) >= 11 is 1.60. The molecule has 24 heavy (non-hydrogen) atoms. The van der Waals surface area contributed by atoms with Gasteiger partial charge in [0.2, 0.25) is 5.91 Å². The van der Waals surface area contributed by atoms with E-state index in [0.29, 0.717) is 26.1 Å². The van der Waals surface area contributed by atoms with Crippen LogP contribution in [0.2, 0.25) is 0 Å². The molecule has 5 nitrogen and oxygen atoms in total. The number of carbonyl (C=O) groups is 2. The van der Waals surface area contributed by atoms with E-state index in [1.165, 1.54) is 0 Å². The molecule has 0 unspecified atom stereocenters. The van der Waals surface area contributed by atoms with Gasteiger partial charge in [-0.2, -0.15) is 0 Å². The lowest BCUT2D eigenvalue weighted by molar-refractivity contribution is -0.126. The fourth-order valence-electron chi connectivity index (χ4n) is 2.74. The average molecular weight is 344 g/mol. The minimum atomic E-state index is -0.555. The summed E-state index contributed by atoms with van der Waals surface area (Å²) in [5.41, 5.74) is 1.02. The molecule has 0 bridgehead atoms. The molecular weight excluding hydrogens is 324 g/mol. The van der Waals surface area contributed by atoms with Crippen LogP contribution >= 0.6 is 11.3 Å². The number of amides is 2. The molecule has 6 heteroatoms. The Labute approximate surface area is 145 Å². The van der Waals surface area contributed by atoms with E-state index in [-0.39, 0.29) is 5.91 Å². The van der Waals surface area contributed by atoms with E-state index in [1.807, 2.05) is 47.8 Å². The second kappa shape index (κ2) is 7.97. The maximum Gasteiger partial charge on any atom is 0.410 e. The fraction of sp³-hybridized carbons (Fsp3) is 0.333. The van der Waals surface area contributed by atoms with Crippen molar-refractivity contribution in [2.75, 3.05) is 13.2 Å². The summed E-state index contributed by atoms with van der Waals surface area (Å²) < 4.78 is 5.12. The number of hydrogen-bond donors (Lipinski definition) is 1. The van der Waals surface area contributed by atoms with Gasteiger partial charge in [0.05, 0.1) is 13.2 Å². The molecule has 1 aromatic heterocycles. The molecule has 2 amide bonds. The van der Waals surface area contributed by atoms with Gasteiger partial charge in [-0.25, -0.2) is 4.79 Å². The van der Waals surface area contributed by atoms with Crippen LogP contribution in [0.3, 0.4) is 0 Å². The molecule has 1 aromatic carbocycles. The van der Waals surface area contributed by atoms with E-state index in [9.17, 15) is 9.59 Å². The summed E-state index contributed by atoms with van der Waals surface area (Å²) in [6, 6.07) is 13.1. The van der Waals surface area contributed by atoms with Gasteiger partial charge < -0.3 is 10.1 Å². The number of hydrogen-bond acceptors (Lipinski definition) is 4. The standard InChI is InChI=1S/C18H20N2O3S/c21-17(19-13-15-8-4-11-24-15)16(12-14-6-2-1-3-7-14)20-9-5-10-23-18(20)22/h1-4,6-8,11,16H,5,9-10,12-13H2,(H,19,21)/t16-/m0/s1. The van der Waals surface area contributed by atoms with Gasteiger partial charge in [-0.3, -0.25) is 9.69 Å². The van der Waals surface area contributed by atoms with Gasteiger partial charge in [0.25, 0.3) is 0 Å². The van der Waals surface area contributed by atoms with Crippen LogP contribution in [0.5, 0.6) is 0 Å². The molecule has 1 aliphatic rings. The van der Waals surface area contributed by atoms with Crippen molar-refractivity contribution >= 4 is 23.3 Å². The zero-order valence-electron chi connectivity index (χ0n) is 13.3. The Morgan fingerprint density at radius 2 is 2.08 bits per heavy atom. The summed E-state index contributed by atoms with van der Waals surface area (Å²) in [5.74, 6) is -0.147. The molecule has 126 valence electrons. The number of benzene rings is 1. The monoisotopic (exact) mass is 344 g/mol. The van der Waals surface area contributed by atoms with Crippen molar-refractivity contribution < 1.29 is 14.3 Å². The lowest BCUT2D eigenvalue weighted by atomic mass is 10.0. The van der Waals surface area contributed by atoms with E-state index in [2.05, 4.69) is 5.32 Å². The summed E-state index contributed by atoms with van der Waals surface area (Å²) in [4.78, 5) is 27.4. The molecule has 0 saturated carbocycles. The van der Waals surface area contributed by atoms with Crippen LogP contribution in [-0.2, 0) is 22.5 Å². The molecule has 1 aliphatic heterocycles. The zero-order chi connectivity index (χ0) is 16.8. The van der Waals surface area contributed by atoms with Crippen LogP contribution in [0.15, 0.2) is 47.8 Å². The highest BCUT2D eigenvalue weighted by atomic mass is 32.1. The normalized spacial score (nSPS) is 15.7. The zero-order valence-corrected chi connectivity index (χ0v) is 14.1. The largest absolute Gasteiger partial charge is 0.449 e. The average Bonchev–Trinajstić information content (AvgIpc) is 3.13. The molecular formula is C18H20N2O3S. The number of nitrogens with one attached hydrogen (secondary N) is 1. The number of rotatable bonds is 6. The van der Waals surface area contributed by atoms with E-state index in [0.717, 1.165) is 16.9 Å². The number of nitrogens with zero attached hydrogens (tertiary/aromatic N) is 1. The maximum absolute atomic E-state index is 12.7. The van der Waals surface area contributed by atoms with Crippen molar-refractivity contribution in [3.8, 4) is 0 Å². The first-order valence-electron chi connectivity index (χ1n) is 8.01. The van der Waals surface area contributed by atoms with Gasteiger partial charge in [-0.1, -0.05) is 36.4 Å². The summed E-state index contributed by atoms with van der Waals surface area (Å²) in [6.45, 7) is 1.44. The molecule has 0 radical (unpaired) electrons. The van der Waals surface area contributed by atoms with Crippen LogP contribution in [0.1, 0.15) is 16.9 Å². The van der Waals surface area contributed by atoms with Crippen molar-refractivity contribution in [3.05, 3.63) is 58.3 Å². The number of ether oxygens (including phenoxy) is 1. The van der Waals surface area contributed by atoms with Crippen molar-refractivity contribution in [1.82, 2.24) is 10.2 Å². The summed E-state index contributed by atoms with van der Waals surface area (Å²) in [5, 5.41) is 4.92. The second-order valence-electron chi connectivity index (χ2n) is 5.66. The lowest BCUT2D eigenvalue weighted by Crippen LogP contribution is -2.53. The van der Waals surface area contributed by atoms with Gasteiger partial charge in [-0.15, -0.1) is 11.3 Å². The minimum absolute atomic E-state index is 0.147. The van der Waals surface area contributed by atoms with Crippen LogP contribution in [-0.4, -0.2) is 36.1 Å². The number of cyclic esters (lactones) is 1. The Balaban J connectivity index is 1.72. The molecule has 2 aromatic rings. The van der Waals surface area contributed by atoms with Gasteiger partial charge >= 0.3 is 6.09 Å². The Morgan fingerprint density at radius 1 is 1.25 bits per heavy atom. The minimum Gasteiger partial charge on any atom is -0.449 e. The van der Waals surface area contributed by atoms with Crippen LogP contribution in [0, 0.1) is 0 Å². The SMILES string of the molecule is O=C(NCc1cccs1)[C@H](Cc1ccccc1)N1CCCOC1=O.